The number of hydrogen-bond acceptors (Lipinski definition) is 5. The fourth-order valence-corrected chi connectivity index (χ4v) is 4.51. The number of rotatable bonds is 6. The Morgan fingerprint density at radius 3 is 2.46 bits per heavy atom. The largest absolute Gasteiger partial charge is 0.373 e. The molecule has 0 spiro atoms. The summed E-state index contributed by atoms with van der Waals surface area (Å²) in [6.45, 7) is 5.22. The molecule has 0 radical (unpaired) electrons. The Kier molecular flexibility index (Phi) is 6.07. The van der Waals surface area contributed by atoms with E-state index in [-0.39, 0.29) is 42.3 Å². The molecule has 3 amide bonds. The van der Waals surface area contributed by atoms with Crippen molar-refractivity contribution in [1.29, 1.82) is 0 Å². The highest BCUT2D eigenvalue weighted by atomic mass is 35.5. The van der Waals surface area contributed by atoms with Gasteiger partial charge in [-0.2, -0.15) is 0 Å². The first kappa shape index (κ1) is 20.8. The van der Waals surface area contributed by atoms with Crippen LogP contribution in [0.25, 0.3) is 0 Å². The van der Waals surface area contributed by atoms with Crippen LogP contribution in [0.15, 0.2) is 24.3 Å². The third-order valence-corrected chi connectivity index (χ3v) is 5.86. The molecule has 0 aliphatic carbocycles. The van der Waals surface area contributed by atoms with Crippen molar-refractivity contribution in [3.8, 4) is 0 Å². The number of amides is 3. The van der Waals surface area contributed by atoms with E-state index in [1.807, 2.05) is 25.1 Å². The van der Waals surface area contributed by atoms with Gasteiger partial charge in [-0.15, -0.1) is 12.4 Å². The van der Waals surface area contributed by atoms with Crippen molar-refractivity contribution >= 4 is 35.8 Å². The highest BCUT2D eigenvalue weighted by Gasteiger charge is 2.63. The molecule has 5 unspecified atom stereocenters. The van der Waals surface area contributed by atoms with E-state index in [0.29, 0.717) is 12.2 Å². The Morgan fingerprint density at radius 2 is 1.86 bits per heavy atom. The van der Waals surface area contributed by atoms with Crippen molar-refractivity contribution < 1.29 is 19.1 Å². The van der Waals surface area contributed by atoms with Gasteiger partial charge in [0.15, 0.2) is 0 Å². The molecule has 28 heavy (non-hydrogen) atoms. The molecular weight excluding hydrogens is 382 g/mol. The molecular formula is C20H26ClN3O4. The summed E-state index contributed by atoms with van der Waals surface area (Å²) in [5, 5.41) is 6.08. The number of imide groups is 1. The number of carbonyl (C=O) groups excluding carboxylic acids is 3. The van der Waals surface area contributed by atoms with Gasteiger partial charge in [-0.3, -0.25) is 19.3 Å². The molecule has 3 saturated heterocycles. The van der Waals surface area contributed by atoms with Gasteiger partial charge in [-0.1, -0.05) is 19.1 Å². The van der Waals surface area contributed by atoms with Gasteiger partial charge in [0.2, 0.25) is 17.7 Å². The van der Waals surface area contributed by atoms with Gasteiger partial charge in [-0.05, 0) is 44.0 Å². The summed E-state index contributed by atoms with van der Waals surface area (Å²) in [4.78, 5) is 39.5. The lowest BCUT2D eigenvalue weighted by Gasteiger charge is -2.24. The molecule has 8 heteroatoms. The molecule has 152 valence electrons. The number of ether oxygens (including phenoxy) is 1. The molecule has 0 saturated carbocycles. The number of benzene rings is 1. The van der Waals surface area contributed by atoms with Gasteiger partial charge in [0.05, 0.1) is 24.0 Å². The van der Waals surface area contributed by atoms with Gasteiger partial charge < -0.3 is 15.4 Å². The third-order valence-electron chi connectivity index (χ3n) is 5.86. The fourth-order valence-electron chi connectivity index (χ4n) is 4.51. The van der Waals surface area contributed by atoms with Crippen molar-refractivity contribution in [3.05, 3.63) is 29.8 Å². The van der Waals surface area contributed by atoms with E-state index in [1.165, 1.54) is 0 Å². The molecule has 3 aliphatic rings. The maximum Gasteiger partial charge on any atom is 0.247 e. The van der Waals surface area contributed by atoms with Crippen LogP contribution in [0.2, 0.25) is 0 Å². The lowest BCUT2D eigenvalue weighted by atomic mass is 9.81. The normalized spacial score (nSPS) is 28.9. The van der Waals surface area contributed by atoms with Crippen LogP contribution in [0, 0.1) is 11.8 Å². The summed E-state index contributed by atoms with van der Waals surface area (Å²) in [6.07, 6.45) is 1.30. The SMILES string of the molecule is CCNCc1cccc(NC(=O)C(C)N2C(=O)C3C4CCC(O4)C3C2=O)c1.Cl. The van der Waals surface area contributed by atoms with Crippen molar-refractivity contribution in [2.75, 3.05) is 11.9 Å². The summed E-state index contributed by atoms with van der Waals surface area (Å²) in [5.41, 5.74) is 1.71. The minimum absolute atomic E-state index is 0. The minimum atomic E-state index is -0.840. The smallest absolute Gasteiger partial charge is 0.247 e. The predicted molar refractivity (Wildman–Crippen MR) is 106 cm³/mol. The average molecular weight is 408 g/mol. The molecule has 1 aromatic carbocycles. The Bertz CT molecular complexity index is 758. The van der Waals surface area contributed by atoms with Crippen molar-refractivity contribution in [2.45, 2.75) is 51.5 Å². The molecule has 1 aromatic rings. The summed E-state index contributed by atoms with van der Waals surface area (Å²) in [7, 11) is 0. The lowest BCUT2D eigenvalue weighted by Crippen LogP contribution is -2.47. The van der Waals surface area contributed by atoms with Gasteiger partial charge >= 0.3 is 0 Å². The highest BCUT2D eigenvalue weighted by molar-refractivity contribution is 6.10. The van der Waals surface area contributed by atoms with Crippen molar-refractivity contribution in [3.63, 3.8) is 0 Å². The summed E-state index contributed by atoms with van der Waals surface area (Å²) >= 11 is 0. The highest BCUT2D eigenvalue weighted by Crippen LogP contribution is 2.48. The second-order valence-electron chi connectivity index (χ2n) is 7.53. The fraction of sp³-hybridized carbons (Fsp3) is 0.550. The maximum absolute atomic E-state index is 12.8. The number of carbonyl (C=O) groups is 3. The zero-order chi connectivity index (χ0) is 19.1. The van der Waals surface area contributed by atoms with Gasteiger partial charge in [0, 0.05) is 12.2 Å². The average Bonchev–Trinajstić information content (AvgIpc) is 3.33. The van der Waals surface area contributed by atoms with Crippen LogP contribution in [0.5, 0.6) is 0 Å². The van der Waals surface area contributed by atoms with Crippen LogP contribution in [0.3, 0.4) is 0 Å². The van der Waals surface area contributed by atoms with Crippen LogP contribution in [0.4, 0.5) is 5.69 Å². The van der Waals surface area contributed by atoms with Crippen molar-refractivity contribution in [1.82, 2.24) is 10.2 Å². The van der Waals surface area contributed by atoms with Crippen LogP contribution < -0.4 is 10.6 Å². The summed E-state index contributed by atoms with van der Waals surface area (Å²) < 4.78 is 5.73. The molecule has 3 heterocycles. The molecule has 2 bridgehead atoms. The van der Waals surface area contributed by atoms with E-state index in [1.54, 1.807) is 13.0 Å². The quantitative estimate of drug-likeness (QED) is 0.701. The van der Waals surface area contributed by atoms with Crippen molar-refractivity contribution in [2.24, 2.45) is 11.8 Å². The molecule has 4 rings (SSSR count). The van der Waals surface area contributed by atoms with E-state index in [2.05, 4.69) is 10.6 Å². The Labute approximate surface area is 170 Å². The number of nitrogens with zero attached hydrogens (tertiary/aromatic N) is 1. The molecule has 7 nitrogen and oxygen atoms in total. The number of likely N-dealkylation sites (tertiary alicyclic amines) is 1. The zero-order valence-corrected chi connectivity index (χ0v) is 16.8. The van der Waals surface area contributed by atoms with E-state index in [0.717, 1.165) is 29.8 Å². The molecule has 3 aliphatic heterocycles. The molecule has 3 fully saturated rings. The summed E-state index contributed by atoms with van der Waals surface area (Å²) in [5.74, 6) is -1.70. The number of fused-ring (bicyclic) bond motifs is 5. The maximum atomic E-state index is 12.8. The first-order valence-corrected chi connectivity index (χ1v) is 9.64. The van der Waals surface area contributed by atoms with Gasteiger partial charge in [-0.25, -0.2) is 0 Å². The molecule has 0 aromatic heterocycles. The number of nitrogens with one attached hydrogen (secondary N) is 2. The standard InChI is InChI=1S/C20H25N3O4.ClH/c1-3-21-10-12-5-4-6-13(9-12)22-18(24)11(2)23-19(25)16-14-7-8-15(27-14)17(16)20(23)26;/h4-6,9,11,14-17,21H,3,7-8,10H2,1-2H3,(H,22,24);1H. The van der Waals surface area contributed by atoms with Gasteiger partial charge in [0.25, 0.3) is 0 Å². The first-order chi connectivity index (χ1) is 13.0. The van der Waals surface area contributed by atoms with Crippen LogP contribution >= 0.6 is 12.4 Å². The molecule has 5 atom stereocenters. The number of anilines is 1. The first-order valence-electron chi connectivity index (χ1n) is 9.64. The molecule has 2 N–H and O–H groups in total. The Morgan fingerprint density at radius 1 is 1.21 bits per heavy atom. The van der Waals surface area contributed by atoms with E-state index >= 15 is 0 Å². The van der Waals surface area contributed by atoms with Crippen LogP contribution in [-0.4, -0.2) is 47.4 Å². The zero-order valence-electron chi connectivity index (χ0n) is 16.0. The minimum Gasteiger partial charge on any atom is -0.373 e. The monoisotopic (exact) mass is 407 g/mol. The predicted octanol–water partition coefficient (Wildman–Crippen LogP) is 1.71. The number of halogens is 1. The number of hydrogen-bond donors (Lipinski definition) is 2. The third kappa shape index (κ3) is 3.43. The van der Waals surface area contributed by atoms with Crippen LogP contribution in [0.1, 0.15) is 32.3 Å². The second kappa shape index (κ2) is 8.19. The topological polar surface area (TPSA) is 87.7 Å². The lowest BCUT2D eigenvalue weighted by molar-refractivity contribution is -0.148. The second-order valence-corrected chi connectivity index (χ2v) is 7.53. The van der Waals surface area contributed by atoms with E-state index < -0.39 is 17.9 Å². The summed E-state index contributed by atoms with van der Waals surface area (Å²) in [6, 6.07) is 6.71. The van der Waals surface area contributed by atoms with Crippen LogP contribution in [-0.2, 0) is 25.7 Å². The van der Waals surface area contributed by atoms with E-state index in [4.69, 9.17) is 4.74 Å². The van der Waals surface area contributed by atoms with E-state index in [9.17, 15) is 14.4 Å². The Balaban J connectivity index is 0.00000225. The Hall–Kier alpha value is -1.96. The van der Waals surface area contributed by atoms with Gasteiger partial charge in [0.1, 0.15) is 6.04 Å².